The molecule has 2 aromatic carbocycles. The fraction of sp³-hybridized carbons (Fsp3) is 0.176. The van der Waals surface area contributed by atoms with Gasteiger partial charge in [-0.05, 0) is 36.4 Å². The van der Waals surface area contributed by atoms with Gasteiger partial charge < -0.3 is 9.47 Å². The maximum atomic E-state index is 13.3. The molecule has 25 heavy (non-hydrogen) atoms. The second-order valence-corrected chi connectivity index (χ2v) is 4.87. The standard InChI is InChI=1S/C17H16F2N2O4/c18-12-5-7-13(8-6-12)25-11-17(23)21-20-16(22)9-10-24-15-4-2-1-3-14(15)19/h1-8H,9-11H2,(H,20,22)(H,21,23). The Balaban J connectivity index is 1.61. The first kappa shape index (κ1) is 18.2. The van der Waals surface area contributed by atoms with Crippen LogP contribution in [0.15, 0.2) is 48.5 Å². The van der Waals surface area contributed by atoms with E-state index in [4.69, 9.17) is 9.47 Å². The number of hydrogen-bond acceptors (Lipinski definition) is 4. The van der Waals surface area contributed by atoms with Crippen LogP contribution >= 0.6 is 0 Å². The molecule has 0 spiro atoms. The molecule has 0 atom stereocenters. The monoisotopic (exact) mass is 350 g/mol. The number of nitrogens with one attached hydrogen (secondary N) is 2. The number of hydrogen-bond donors (Lipinski definition) is 2. The van der Waals surface area contributed by atoms with Crippen molar-refractivity contribution in [3.8, 4) is 11.5 Å². The number of para-hydroxylation sites is 1. The molecule has 0 saturated carbocycles. The third-order valence-corrected chi connectivity index (χ3v) is 2.95. The van der Waals surface area contributed by atoms with Crippen LogP contribution in [0.4, 0.5) is 8.78 Å². The van der Waals surface area contributed by atoms with Crippen LogP contribution in [-0.2, 0) is 9.59 Å². The summed E-state index contributed by atoms with van der Waals surface area (Å²) in [6.45, 7) is -0.396. The average molecular weight is 350 g/mol. The summed E-state index contributed by atoms with van der Waals surface area (Å²) in [7, 11) is 0. The van der Waals surface area contributed by atoms with Crippen LogP contribution in [0.5, 0.6) is 11.5 Å². The van der Waals surface area contributed by atoms with E-state index in [2.05, 4.69) is 10.9 Å². The van der Waals surface area contributed by atoms with Crippen LogP contribution in [0.1, 0.15) is 6.42 Å². The number of carbonyl (C=O) groups excluding carboxylic acids is 2. The van der Waals surface area contributed by atoms with Crippen LogP contribution in [0.25, 0.3) is 0 Å². The first-order chi connectivity index (χ1) is 12.0. The van der Waals surface area contributed by atoms with Gasteiger partial charge in [-0.2, -0.15) is 0 Å². The van der Waals surface area contributed by atoms with Gasteiger partial charge in [0.1, 0.15) is 11.6 Å². The van der Waals surface area contributed by atoms with Gasteiger partial charge in [0.2, 0.25) is 5.91 Å². The van der Waals surface area contributed by atoms with Crippen LogP contribution < -0.4 is 20.3 Å². The van der Waals surface area contributed by atoms with Gasteiger partial charge in [-0.1, -0.05) is 12.1 Å². The van der Waals surface area contributed by atoms with Crippen molar-refractivity contribution in [1.29, 1.82) is 0 Å². The minimum absolute atomic E-state index is 0.0469. The lowest BCUT2D eigenvalue weighted by Gasteiger charge is -2.09. The summed E-state index contributed by atoms with van der Waals surface area (Å²) in [6, 6.07) is 11.0. The van der Waals surface area contributed by atoms with Gasteiger partial charge >= 0.3 is 0 Å². The van der Waals surface area contributed by atoms with Crippen molar-refractivity contribution >= 4 is 11.8 Å². The molecule has 0 heterocycles. The molecule has 0 aliphatic heterocycles. The molecule has 2 aromatic rings. The molecule has 0 aromatic heterocycles. The predicted molar refractivity (Wildman–Crippen MR) is 84.7 cm³/mol. The summed E-state index contributed by atoms with van der Waals surface area (Å²) in [6.07, 6.45) is -0.0760. The zero-order valence-electron chi connectivity index (χ0n) is 13.1. The number of benzene rings is 2. The second-order valence-electron chi connectivity index (χ2n) is 4.87. The molecule has 0 radical (unpaired) electrons. The van der Waals surface area contributed by atoms with E-state index in [9.17, 15) is 18.4 Å². The Morgan fingerprint density at radius 3 is 2.28 bits per heavy atom. The highest BCUT2D eigenvalue weighted by atomic mass is 19.1. The van der Waals surface area contributed by atoms with E-state index in [-0.39, 0.29) is 25.4 Å². The largest absolute Gasteiger partial charge is 0.490 e. The Labute approximate surface area is 142 Å². The minimum Gasteiger partial charge on any atom is -0.490 e. The molecular formula is C17H16F2N2O4. The molecule has 0 fully saturated rings. The van der Waals surface area contributed by atoms with Crippen LogP contribution in [0, 0.1) is 11.6 Å². The molecule has 0 aliphatic carbocycles. The van der Waals surface area contributed by atoms with Gasteiger partial charge in [-0.15, -0.1) is 0 Å². The third kappa shape index (κ3) is 6.46. The normalized spacial score (nSPS) is 10.0. The fourth-order valence-corrected chi connectivity index (χ4v) is 1.73. The number of amides is 2. The highest BCUT2D eigenvalue weighted by Gasteiger charge is 2.07. The smallest absolute Gasteiger partial charge is 0.276 e. The zero-order chi connectivity index (χ0) is 18.1. The molecule has 0 saturated heterocycles. The van der Waals surface area contributed by atoms with E-state index in [1.54, 1.807) is 6.07 Å². The summed E-state index contributed by atoms with van der Waals surface area (Å²) < 4.78 is 36.2. The van der Waals surface area contributed by atoms with Gasteiger partial charge in [0.25, 0.3) is 5.91 Å². The SMILES string of the molecule is O=C(CCOc1ccccc1F)NNC(=O)COc1ccc(F)cc1. The summed E-state index contributed by atoms with van der Waals surface area (Å²) in [5.74, 6) is -1.66. The molecule has 8 heteroatoms. The van der Waals surface area contributed by atoms with E-state index in [1.165, 1.54) is 42.5 Å². The van der Waals surface area contributed by atoms with E-state index in [1.807, 2.05) is 0 Å². The first-order valence-corrected chi connectivity index (χ1v) is 7.38. The van der Waals surface area contributed by atoms with E-state index >= 15 is 0 Å². The van der Waals surface area contributed by atoms with Crippen molar-refractivity contribution in [3.63, 3.8) is 0 Å². The lowest BCUT2D eigenvalue weighted by Crippen LogP contribution is -2.44. The van der Waals surface area contributed by atoms with Crippen molar-refractivity contribution in [1.82, 2.24) is 10.9 Å². The average Bonchev–Trinajstić information content (AvgIpc) is 2.61. The van der Waals surface area contributed by atoms with Gasteiger partial charge in [0.05, 0.1) is 13.0 Å². The molecular weight excluding hydrogens is 334 g/mol. The molecule has 2 rings (SSSR count). The molecule has 2 N–H and O–H groups in total. The Morgan fingerprint density at radius 1 is 0.880 bits per heavy atom. The Morgan fingerprint density at radius 2 is 1.56 bits per heavy atom. The zero-order valence-corrected chi connectivity index (χ0v) is 13.1. The first-order valence-electron chi connectivity index (χ1n) is 7.38. The molecule has 0 bridgehead atoms. The topological polar surface area (TPSA) is 76.7 Å². The molecule has 132 valence electrons. The molecule has 0 aliphatic rings. The Bertz CT molecular complexity index is 723. The van der Waals surface area contributed by atoms with Crippen LogP contribution in [0.2, 0.25) is 0 Å². The molecule has 6 nitrogen and oxygen atoms in total. The van der Waals surface area contributed by atoms with E-state index in [0.29, 0.717) is 5.75 Å². The lowest BCUT2D eigenvalue weighted by molar-refractivity contribution is -0.130. The van der Waals surface area contributed by atoms with Gasteiger partial charge in [-0.25, -0.2) is 8.78 Å². The minimum atomic E-state index is -0.590. The van der Waals surface area contributed by atoms with Crippen molar-refractivity contribution in [3.05, 3.63) is 60.2 Å². The van der Waals surface area contributed by atoms with E-state index < -0.39 is 23.4 Å². The summed E-state index contributed by atoms with van der Waals surface area (Å²) in [5, 5.41) is 0. The van der Waals surface area contributed by atoms with Crippen molar-refractivity contribution in [2.75, 3.05) is 13.2 Å². The van der Waals surface area contributed by atoms with E-state index in [0.717, 1.165) is 0 Å². The van der Waals surface area contributed by atoms with Crippen molar-refractivity contribution in [2.45, 2.75) is 6.42 Å². The lowest BCUT2D eigenvalue weighted by atomic mass is 10.3. The van der Waals surface area contributed by atoms with Crippen molar-refractivity contribution in [2.24, 2.45) is 0 Å². The predicted octanol–water partition coefficient (Wildman–Crippen LogP) is 1.96. The van der Waals surface area contributed by atoms with Crippen LogP contribution in [-0.4, -0.2) is 25.0 Å². The van der Waals surface area contributed by atoms with Gasteiger partial charge in [0.15, 0.2) is 18.2 Å². The number of halogens is 2. The maximum Gasteiger partial charge on any atom is 0.276 e. The van der Waals surface area contributed by atoms with Crippen LogP contribution in [0.3, 0.4) is 0 Å². The number of ether oxygens (including phenoxy) is 2. The summed E-state index contributed by atoms with van der Waals surface area (Å²) in [4.78, 5) is 23.1. The summed E-state index contributed by atoms with van der Waals surface area (Å²) >= 11 is 0. The highest BCUT2D eigenvalue weighted by molar-refractivity contribution is 5.82. The maximum absolute atomic E-state index is 13.3. The number of hydrazine groups is 1. The number of carbonyl (C=O) groups is 2. The molecule has 2 amide bonds. The third-order valence-electron chi connectivity index (χ3n) is 2.95. The Kier molecular flexibility index (Phi) is 6.70. The van der Waals surface area contributed by atoms with Crippen molar-refractivity contribution < 1.29 is 27.8 Å². The number of rotatable bonds is 7. The quantitative estimate of drug-likeness (QED) is 0.749. The summed E-state index contributed by atoms with van der Waals surface area (Å²) in [5.41, 5.74) is 4.33. The highest BCUT2D eigenvalue weighted by Crippen LogP contribution is 2.15. The van der Waals surface area contributed by atoms with Gasteiger partial charge in [-0.3, -0.25) is 20.4 Å². The second kappa shape index (κ2) is 9.21. The molecule has 0 unspecified atom stereocenters. The van der Waals surface area contributed by atoms with Gasteiger partial charge in [0, 0.05) is 0 Å². The fourth-order valence-electron chi connectivity index (χ4n) is 1.73. The Hall–Kier alpha value is -3.16.